The topological polar surface area (TPSA) is 77.1 Å². The molecule has 0 aliphatic carbocycles. The molecule has 0 saturated heterocycles. The zero-order chi connectivity index (χ0) is 24.4. The van der Waals surface area contributed by atoms with E-state index in [2.05, 4.69) is 5.32 Å². The van der Waals surface area contributed by atoms with Gasteiger partial charge in [-0.2, -0.15) is 0 Å². The Balaban J connectivity index is 1.89. The van der Waals surface area contributed by atoms with Gasteiger partial charge in [0.2, 0.25) is 0 Å². The highest BCUT2D eigenvalue weighted by molar-refractivity contribution is 6.46. The number of hydrogen-bond acceptors (Lipinski definition) is 6. The molecule has 7 nitrogen and oxygen atoms in total. The second-order valence-corrected chi connectivity index (χ2v) is 7.18. The molecule has 1 aliphatic heterocycles. The fraction of sp³-hybridized carbons (Fsp3) is 0.120. The van der Waals surface area contributed by atoms with Crippen molar-refractivity contribution in [3.63, 3.8) is 0 Å². The summed E-state index contributed by atoms with van der Waals surface area (Å²) in [6.07, 6.45) is 0. The van der Waals surface area contributed by atoms with E-state index >= 15 is 0 Å². The molecule has 0 unspecified atom stereocenters. The van der Waals surface area contributed by atoms with Crippen molar-refractivity contribution in [3.05, 3.63) is 83.6 Å². The summed E-state index contributed by atoms with van der Waals surface area (Å²) in [6, 6.07) is 14.1. The SMILES string of the molecule is COc1ccc(NC2=C(c3ccccc3OC)C(=O)N(c3ccc(F)cc3F)C2=O)c(OC)c1. The molecule has 34 heavy (non-hydrogen) atoms. The fourth-order valence-corrected chi connectivity index (χ4v) is 3.66. The molecule has 3 aromatic rings. The molecule has 174 valence electrons. The lowest BCUT2D eigenvalue weighted by Crippen LogP contribution is -2.33. The van der Waals surface area contributed by atoms with Gasteiger partial charge in [0.1, 0.15) is 34.6 Å². The van der Waals surface area contributed by atoms with Crippen LogP contribution in [0.5, 0.6) is 17.2 Å². The lowest BCUT2D eigenvalue weighted by molar-refractivity contribution is -0.120. The lowest BCUT2D eigenvalue weighted by atomic mass is 10.0. The number of amides is 2. The van der Waals surface area contributed by atoms with Crippen molar-refractivity contribution in [2.75, 3.05) is 31.5 Å². The Morgan fingerprint density at radius 3 is 2.21 bits per heavy atom. The Morgan fingerprint density at radius 1 is 0.794 bits per heavy atom. The van der Waals surface area contributed by atoms with Gasteiger partial charge in [0, 0.05) is 17.7 Å². The van der Waals surface area contributed by atoms with Crippen molar-refractivity contribution in [2.45, 2.75) is 0 Å². The number of nitrogens with one attached hydrogen (secondary N) is 1. The maximum Gasteiger partial charge on any atom is 0.282 e. The first kappa shape index (κ1) is 22.8. The molecule has 0 fully saturated rings. The first-order chi connectivity index (χ1) is 16.4. The third-order valence-corrected chi connectivity index (χ3v) is 5.28. The van der Waals surface area contributed by atoms with Gasteiger partial charge in [-0.3, -0.25) is 9.59 Å². The second kappa shape index (κ2) is 9.22. The number of imide groups is 1. The molecule has 1 heterocycles. The minimum absolute atomic E-state index is 0.0379. The van der Waals surface area contributed by atoms with Crippen LogP contribution in [-0.2, 0) is 9.59 Å². The Bertz CT molecular complexity index is 1320. The minimum atomic E-state index is -1.05. The molecule has 1 aliphatic rings. The summed E-state index contributed by atoms with van der Waals surface area (Å²) >= 11 is 0. The summed E-state index contributed by atoms with van der Waals surface area (Å²) < 4.78 is 44.1. The van der Waals surface area contributed by atoms with E-state index in [0.717, 1.165) is 12.1 Å². The van der Waals surface area contributed by atoms with Gasteiger partial charge in [-0.05, 0) is 30.3 Å². The molecule has 1 N–H and O–H groups in total. The monoisotopic (exact) mass is 466 g/mol. The number of halogens is 2. The molecule has 2 amide bonds. The fourth-order valence-electron chi connectivity index (χ4n) is 3.66. The van der Waals surface area contributed by atoms with Crippen molar-refractivity contribution in [1.82, 2.24) is 0 Å². The normalized spacial score (nSPS) is 13.4. The standard InChI is InChI=1S/C25H20F2N2O5/c1-32-15-9-10-18(21(13-15)34-3)28-23-22(16-6-4-5-7-20(16)33-2)24(30)29(25(23)31)19-11-8-14(26)12-17(19)27/h4-13,28H,1-3H3. The van der Waals surface area contributed by atoms with E-state index in [-0.39, 0.29) is 17.0 Å². The smallest absolute Gasteiger partial charge is 0.282 e. The average Bonchev–Trinajstić information content (AvgIpc) is 3.08. The summed E-state index contributed by atoms with van der Waals surface area (Å²) in [4.78, 5) is 27.7. The van der Waals surface area contributed by atoms with Crippen LogP contribution in [0.4, 0.5) is 20.2 Å². The number of benzene rings is 3. The predicted molar refractivity (Wildman–Crippen MR) is 122 cm³/mol. The van der Waals surface area contributed by atoms with Gasteiger partial charge in [0.15, 0.2) is 0 Å². The summed E-state index contributed by atoms with van der Waals surface area (Å²) in [6.45, 7) is 0. The van der Waals surface area contributed by atoms with Gasteiger partial charge in [0.25, 0.3) is 11.8 Å². The molecule has 9 heteroatoms. The zero-order valence-corrected chi connectivity index (χ0v) is 18.5. The van der Waals surface area contributed by atoms with Crippen LogP contribution in [0.1, 0.15) is 5.56 Å². The van der Waals surface area contributed by atoms with Crippen LogP contribution in [0.15, 0.2) is 66.4 Å². The van der Waals surface area contributed by atoms with Crippen LogP contribution >= 0.6 is 0 Å². The van der Waals surface area contributed by atoms with Crippen molar-refractivity contribution in [2.24, 2.45) is 0 Å². The van der Waals surface area contributed by atoms with E-state index in [0.29, 0.717) is 39.5 Å². The Morgan fingerprint density at radius 2 is 1.53 bits per heavy atom. The molecule has 3 aromatic carbocycles. The second-order valence-electron chi connectivity index (χ2n) is 7.18. The van der Waals surface area contributed by atoms with E-state index in [1.54, 1.807) is 42.5 Å². The number of methoxy groups -OCH3 is 3. The first-order valence-corrected chi connectivity index (χ1v) is 10.1. The molecule has 0 spiro atoms. The molecule has 0 atom stereocenters. The number of rotatable bonds is 7. The van der Waals surface area contributed by atoms with Crippen LogP contribution in [0, 0.1) is 11.6 Å². The Labute approximate surface area is 194 Å². The molecule has 0 bridgehead atoms. The summed E-state index contributed by atoms with van der Waals surface area (Å²) in [5, 5.41) is 2.96. The van der Waals surface area contributed by atoms with Crippen molar-refractivity contribution in [3.8, 4) is 17.2 Å². The highest BCUT2D eigenvalue weighted by Gasteiger charge is 2.42. The quantitative estimate of drug-likeness (QED) is 0.521. The molecule has 4 rings (SSSR count). The van der Waals surface area contributed by atoms with Crippen molar-refractivity contribution in [1.29, 1.82) is 0 Å². The van der Waals surface area contributed by atoms with E-state index in [1.165, 1.54) is 21.3 Å². The maximum absolute atomic E-state index is 14.6. The zero-order valence-electron chi connectivity index (χ0n) is 18.5. The number of hydrogen-bond donors (Lipinski definition) is 1. The number of nitrogens with zero attached hydrogens (tertiary/aromatic N) is 1. The van der Waals surface area contributed by atoms with Gasteiger partial charge in [-0.15, -0.1) is 0 Å². The average molecular weight is 466 g/mol. The van der Waals surface area contributed by atoms with Crippen molar-refractivity contribution >= 4 is 28.8 Å². The Kier molecular flexibility index (Phi) is 6.18. The van der Waals surface area contributed by atoms with Crippen LogP contribution in [0.25, 0.3) is 5.57 Å². The molecular formula is C25H20F2N2O5. The van der Waals surface area contributed by atoms with Gasteiger partial charge in [-0.25, -0.2) is 13.7 Å². The number of para-hydroxylation sites is 1. The molecule has 0 aromatic heterocycles. The van der Waals surface area contributed by atoms with Crippen LogP contribution in [-0.4, -0.2) is 33.1 Å². The lowest BCUT2D eigenvalue weighted by Gasteiger charge is -2.17. The number of carbonyl (C=O) groups is 2. The summed E-state index contributed by atoms with van der Waals surface area (Å²) in [5.74, 6) is -2.31. The van der Waals surface area contributed by atoms with Gasteiger partial charge < -0.3 is 19.5 Å². The third kappa shape index (κ3) is 3.92. The minimum Gasteiger partial charge on any atom is -0.497 e. The van der Waals surface area contributed by atoms with E-state index < -0.39 is 23.4 Å². The molecular weight excluding hydrogens is 446 g/mol. The third-order valence-electron chi connectivity index (χ3n) is 5.28. The van der Waals surface area contributed by atoms with Crippen LogP contribution < -0.4 is 24.4 Å². The number of carbonyl (C=O) groups excluding carboxylic acids is 2. The highest BCUT2D eigenvalue weighted by atomic mass is 19.1. The van der Waals surface area contributed by atoms with Gasteiger partial charge >= 0.3 is 0 Å². The van der Waals surface area contributed by atoms with E-state index in [1.807, 2.05) is 0 Å². The van der Waals surface area contributed by atoms with Gasteiger partial charge in [-0.1, -0.05) is 18.2 Å². The maximum atomic E-state index is 14.6. The summed E-state index contributed by atoms with van der Waals surface area (Å²) in [5.41, 5.74) is 0.157. The van der Waals surface area contributed by atoms with E-state index in [9.17, 15) is 18.4 Å². The highest BCUT2D eigenvalue weighted by Crippen LogP contribution is 2.39. The van der Waals surface area contributed by atoms with Crippen LogP contribution in [0.2, 0.25) is 0 Å². The largest absolute Gasteiger partial charge is 0.497 e. The Hall–Kier alpha value is -4.40. The summed E-state index contributed by atoms with van der Waals surface area (Å²) in [7, 11) is 4.37. The van der Waals surface area contributed by atoms with Gasteiger partial charge in [0.05, 0.1) is 38.3 Å². The molecule has 0 radical (unpaired) electrons. The van der Waals surface area contributed by atoms with Crippen molar-refractivity contribution < 1.29 is 32.6 Å². The first-order valence-electron chi connectivity index (χ1n) is 10.1. The number of ether oxygens (including phenoxy) is 3. The van der Waals surface area contributed by atoms with E-state index in [4.69, 9.17) is 14.2 Å². The predicted octanol–water partition coefficient (Wildman–Crippen LogP) is 4.39. The van der Waals surface area contributed by atoms with Crippen LogP contribution in [0.3, 0.4) is 0 Å². The number of anilines is 2. The molecule has 0 saturated carbocycles.